The summed E-state index contributed by atoms with van der Waals surface area (Å²) in [4.78, 5) is 2.08. The number of nitrogens with one attached hydrogen (secondary N) is 1. The highest BCUT2D eigenvalue weighted by Crippen LogP contribution is 2.29. The molecule has 0 aliphatic rings. The standard InChI is InChI=1S/C16H15F3N2O2S/c1-11-6-7-12(2)15(8-11)24(22,23)21-20-10-13-4-3-5-14(9-13)16(17,18)19/h3-10,21H,1-2H3. The van der Waals surface area contributed by atoms with Gasteiger partial charge in [0.15, 0.2) is 0 Å². The van der Waals surface area contributed by atoms with Crippen molar-refractivity contribution in [3.05, 3.63) is 64.7 Å². The van der Waals surface area contributed by atoms with Crippen LogP contribution >= 0.6 is 0 Å². The van der Waals surface area contributed by atoms with E-state index in [0.29, 0.717) is 5.56 Å². The molecule has 0 atom stereocenters. The predicted octanol–water partition coefficient (Wildman–Crippen LogP) is 3.63. The van der Waals surface area contributed by atoms with E-state index in [4.69, 9.17) is 0 Å². The first kappa shape index (κ1) is 18.0. The number of sulfonamides is 1. The smallest absolute Gasteiger partial charge is 0.200 e. The third kappa shape index (κ3) is 4.35. The Hall–Kier alpha value is -2.35. The van der Waals surface area contributed by atoms with Crippen molar-refractivity contribution in [1.82, 2.24) is 4.83 Å². The minimum Gasteiger partial charge on any atom is -0.200 e. The van der Waals surface area contributed by atoms with Gasteiger partial charge in [-0.05, 0) is 48.7 Å². The van der Waals surface area contributed by atoms with E-state index in [1.165, 1.54) is 18.2 Å². The maximum Gasteiger partial charge on any atom is 0.416 e. The first-order chi connectivity index (χ1) is 11.1. The van der Waals surface area contributed by atoms with Gasteiger partial charge in [0.25, 0.3) is 10.0 Å². The molecule has 0 spiro atoms. The van der Waals surface area contributed by atoms with Crippen molar-refractivity contribution in [2.45, 2.75) is 24.9 Å². The van der Waals surface area contributed by atoms with Gasteiger partial charge in [-0.1, -0.05) is 24.3 Å². The molecule has 0 heterocycles. The topological polar surface area (TPSA) is 58.5 Å². The van der Waals surface area contributed by atoms with Crippen LogP contribution in [0.15, 0.2) is 52.5 Å². The fraction of sp³-hybridized carbons (Fsp3) is 0.188. The molecular formula is C16H15F3N2O2S. The molecule has 0 radical (unpaired) electrons. The Morgan fingerprint density at radius 1 is 1.08 bits per heavy atom. The number of benzene rings is 2. The summed E-state index contributed by atoms with van der Waals surface area (Å²) in [7, 11) is -3.89. The summed E-state index contributed by atoms with van der Waals surface area (Å²) in [5.41, 5.74) is 0.613. The molecule has 8 heteroatoms. The Bertz CT molecular complexity index is 875. The van der Waals surface area contributed by atoms with E-state index in [2.05, 4.69) is 5.10 Å². The highest BCUT2D eigenvalue weighted by molar-refractivity contribution is 7.89. The Kier molecular flexibility index (Phi) is 4.98. The van der Waals surface area contributed by atoms with Crippen molar-refractivity contribution in [2.24, 2.45) is 5.10 Å². The molecule has 128 valence electrons. The molecule has 0 amide bonds. The fourth-order valence-corrected chi connectivity index (χ4v) is 3.13. The normalized spacial score (nSPS) is 12.5. The lowest BCUT2D eigenvalue weighted by molar-refractivity contribution is -0.137. The molecule has 0 unspecified atom stereocenters. The van der Waals surface area contributed by atoms with Crippen LogP contribution in [0.2, 0.25) is 0 Å². The molecule has 0 aliphatic heterocycles. The van der Waals surface area contributed by atoms with E-state index in [1.54, 1.807) is 26.0 Å². The van der Waals surface area contributed by atoms with Gasteiger partial charge in [-0.25, -0.2) is 4.83 Å². The van der Waals surface area contributed by atoms with E-state index in [9.17, 15) is 21.6 Å². The SMILES string of the molecule is Cc1ccc(C)c(S(=O)(=O)NN=Cc2cccc(C(F)(F)F)c2)c1. The second-order valence-corrected chi connectivity index (χ2v) is 6.87. The Morgan fingerprint density at radius 3 is 2.46 bits per heavy atom. The molecule has 0 aliphatic carbocycles. The molecule has 0 saturated carbocycles. The number of hydrazone groups is 1. The highest BCUT2D eigenvalue weighted by Gasteiger charge is 2.30. The van der Waals surface area contributed by atoms with Crippen molar-refractivity contribution in [2.75, 3.05) is 0 Å². The van der Waals surface area contributed by atoms with Crippen LogP contribution in [0, 0.1) is 13.8 Å². The molecule has 2 rings (SSSR count). The molecule has 4 nitrogen and oxygen atoms in total. The number of rotatable bonds is 4. The lowest BCUT2D eigenvalue weighted by Gasteiger charge is -2.08. The van der Waals surface area contributed by atoms with Crippen LogP contribution in [-0.2, 0) is 16.2 Å². The average Bonchev–Trinajstić information content (AvgIpc) is 2.49. The summed E-state index contributed by atoms with van der Waals surface area (Å²) in [5, 5.41) is 3.55. The minimum atomic E-state index is -4.47. The van der Waals surface area contributed by atoms with Gasteiger partial charge < -0.3 is 0 Å². The van der Waals surface area contributed by atoms with Gasteiger partial charge in [0.1, 0.15) is 0 Å². The lowest BCUT2D eigenvalue weighted by Crippen LogP contribution is -2.19. The average molecular weight is 356 g/mol. The first-order valence-electron chi connectivity index (χ1n) is 6.89. The van der Waals surface area contributed by atoms with Crippen LogP contribution in [-0.4, -0.2) is 14.6 Å². The second-order valence-electron chi connectivity index (χ2n) is 5.25. The number of hydrogen-bond donors (Lipinski definition) is 1. The predicted molar refractivity (Wildman–Crippen MR) is 85.3 cm³/mol. The van der Waals surface area contributed by atoms with Crippen molar-refractivity contribution in [1.29, 1.82) is 0 Å². The third-order valence-corrected chi connectivity index (χ3v) is 4.60. The van der Waals surface area contributed by atoms with Gasteiger partial charge in [0.2, 0.25) is 0 Å². The van der Waals surface area contributed by atoms with E-state index >= 15 is 0 Å². The number of aryl methyl sites for hydroxylation is 2. The number of alkyl halides is 3. The summed E-state index contributed by atoms with van der Waals surface area (Å²) in [6, 6.07) is 9.37. The second kappa shape index (κ2) is 6.64. The van der Waals surface area contributed by atoms with E-state index in [1.807, 2.05) is 4.83 Å². The van der Waals surface area contributed by atoms with Gasteiger partial charge in [-0.2, -0.15) is 26.7 Å². The molecule has 2 aromatic carbocycles. The molecule has 24 heavy (non-hydrogen) atoms. The van der Waals surface area contributed by atoms with Gasteiger partial charge in [0.05, 0.1) is 16.7 Å². The van der Waals surface area contributed by atoms with Crippen LogP contribution in [0.25, 0.3) is 0 Å². The molecule has 0 bridgehead atoms. The number of nitrogens with zero attached hydrogens (tertiary/aromatic N) is 1. The van der Waals surface area contributed by atoms with Crippen LogP contribution < -0.4 is 4.83 Å². The summed E-state index contributed by atoms with van der Waals surface area (Å²) >= 11 is 0. The van der Waals surface area contributed by atoms with Gasteiger partial charge in [-0.15, -0.1) is 0 Å². The van der Waals surface area contributed by atoms with Crippen molar-refractivity contribution in [3.63, 3.8) is 0 Å². The van der Waals surface area contributed by atoms with Gasteiger partial charge >= 0.3 is 6.18 Å². The molecular weight excluding hydrogens is 341 g/mol. The van der Waals surface area contributed by atoms with E-state index in [-0.39, 0.29) is 10.5 Å². The molecule has 0 saturated heterocycles. The van der Waals surface area contributed by atoms with Crippen LogP contribution in [0.1, 0.15) is 22.3 Å². The van der Waals surface area contributed by atoms with E-state index in [0.717, 1.165) is 23.9 Å². The zero-order valence-corrected chi connectivity index (χ0v) is 13.7. The lowest BCUT2D eigenvalue weighted by atomic mass is 10.1. The highest BCUT2D eigenvalue weighted by atomic mass is 32.2. The largest absolute Gasteiger partial charge is 0.416 e. The maximum atomic E-state index is 12.6. The summed E-state index contributed by atoms with van der Waals surface area (Å²) < 4.78 is 62.3. The Labute approximate surface area is 138 Å². The number of halogens is 3. The van der Waals surface area contributed by atoms with Crippen molar-refractivity contribution in [3.8, 4) is 0 Å². The number of hydrogen-bond acceptors (Lipinski definition) is 3. The first-order valence-corrected chi connectivity index (χ1v) is 8.37. The van der Waals surface area contributed by atoms with Crippen molar-refractivity contribution >= 4 is 16.2 Å². The maximum absolute atomic E-state index is 12.6. The molecule has 1 N–H and O–H groups in total. The summed E-state index contributed by atoms with van der Waals surface area (Å²) in [6.45, 7) is 3.40. The van der Waals surface area contributed by atoms with E-state index < -0.39 is 21.8 Å². The van der Waals surface area contributed by atoms with Crippen molar-refractivity contribution < 1.29 is 21.6 Å². The van der Waals surface area contributed by atoms with Crippen LogP contribution in [0.3, 0.4) is 0 Å². The van der Waals surface area contributed by atoms with Crippen LogP contribution in [0.4, 0.5) is 13.2 Å². The zero-order valence-electron chi connectivity index (χ0n) is 12.9. The molecule has 2 aromatic rings. The summed E-state index contributed by atoms with van der Waals surface area (Å²) in [6.07, 6.45) is -3.44. The van der Waals surface area contributed by atoms with Gasteiger partial charge in [-0.3, -0.25) is 0 Å². The van der Waals surface area contributed by atoms with Crippen LogP contribution in [0.5, 0.6) is 0 Å². The Morgan fingerprint density at radius 2 is 1.79 bits per heavy atom. The minimum absolute atomic E-state index is 0.0729. The third-order valence-electron chi connectivity index (χ3n) is 3.23. The zero-order chi connectivity index (χ0) is 18.0. The quantitative estimate of drug-likeness (QED) is 0.672. The molecule has 0 aromatic heterocycles. The Balaban J connectivity index is 2.21. The van der Waals surface area contributed by atoms with Gasteiger partial charge in [0, 0.05) is 0 Å². The summed E-state index contributed by atoms with van der Waals surface area (Å²) in [5.74, 6) is 0. The monoisotopic (exact) mass is 356 g/mol. The molecule has 0 fully saturated rings. The fourth-order valence-electron chi connectivity index (χ4n) is 2.01.